The van der Waals surface area contributed by atoms with Gasteiger partial charge in [-0.25, -0.2) is 0 Å². The molecule has 0 unspecified atom stereocenters. The average molecular weight is 293 g/mol. The van der Waals surface area contributed by atoms with Gasteiger partial charge in [-0.1, -0.05) is 23.5 Å². The van der Waals surface area contributed by atoms with Gasteiger partial charge in [-0.3, -0.25) is 0 Å². The Morgan fingerprint density at radius 2 is 2.00 bits per heavy atom. The van der Waals surface area contributed by atoms with Gasteiger partial charge in [0.2, 0.25) is 0 Å². The maximum atomic E-state index is 5.68. The Kier molecular flexibility index (Phi) is 5.76. The van der Waals surface area contributed by atoms with Crippen molar-refractivity contribution < 1.29 is 9.47 Å². The Morgan fingerprint density at radius 3 is 2.70 bits per heavy atom. The van der Waals surface area contributed by atoms with Gasteiger partial charge in [0.25, 0.3) is 0 Å². The predicted octanol–water partition coefficient (Wildman–Crippen LogP) is 3.09. The molecule has 0 atom stereocenters. The van der Waals surface area contributed by atoms with Crippen molar-refractivity contribution in [3.05, 3.63) is 35.5 Å². The van der Waals surface area contributed by atoms with Crippen LogP contribution in [0.15, 0.2) is 24.3 Å². The number of aromatic nitrogens is 2. The zero-order chi connectivity index (χ0) is 14.2. The monoisotopic (exact) mass is 293 g/mol. The molecule has 0 fully saturated rings. The first-order valence-corrected chi connectivity index (χ1v) is 7.36. The maximum Gasteiger partial charge on any atom is 0.135 e. The number of anilines is 1. The molecule has 0 saturated carbocycles. The van der Waals surface area contributed by atoms with Gasteiger partial charge < -0.3 is 14.8 Å². The van der Waals surface area contributed by atoms with Crippen molar-refractivity contribution in [3.63, 3.8) is 0 Å². The van der Waals surface area contributed by atoms with E-state index in [1.54, 1.807) is 7.11 Å². The third-order valence-electron chi connectivity index (χ3n) is 2.76. The zero-order valence-corrected chi connectivity index (χ0v) is 12.6. The molecule has 0 bridgehead atoms. The smallest absolute Gasteiger partial charge is 0.135 e. The standard InChI is InChI=1S/C14H19N3O2S/c1-3-8-15-14-13(16-17-20-14)10-19-9-11-4-6-12(18-2)7-5-11/h4-7,15H,3,8-10H2,1-2H3. The predicted molar refractivity (Wildman–Crippen MR) is 80.2 cm³/mol. The maximum absolute atomic E-state index is 5.68. The van der Waals surface area contributed by atoms with E-state index in [1.807, 2.05) is 24.3 Å². The van der Waals surface area contributed by atoms with Crippen LogP contribution in [0.25, 0.3) is 0 Å². The quantitative estimate of drug-likeness (QED) is 0.810. The van der Waals surface area contributed by atoms with E-state index < -0.39 is 0 Å². The molecular formula is C14H19N3O2S. The Bertz CT molecular complexity index is 513. The van der Waals surface area contributed by atoms with E-state index in [9.17, 15) is 0 Å². The molecular weight excluding hydrogens is 274 g/mol. The van der Waals surface area contributed by atoms with E-state index in [2.05, 4.69) is 21.8 Å². The molecule has 6 heteroatoms. The Morgan fingerprint density at radius 1 is 1.20 bits per heavy atom. The molecule has 1 aromatic carbocycles. The highest BCUT2D eigenvalue weighted by atomic mass is 32.1. The molecule has 0 aliphatic carbocycles. The van der Waals surface area contributed by atoms with Crippen molar-refractivity contribution in [1.29, 1.82) is 0 Å². The summed E-state index contributed by atoms with van der Waals surface area (Å²) in [4.78, 5) is 0. The van der Waals surface area contributed by atoms with Crippen molar-refractivity contribution in [3.8, 4) is 5.75 Å². The van der Waals surface area contributed by atoms with Crippen LogP contribution in [0.3, 0.4) is 0 Å². The molecule has 20 heavy (non-hydrogen) atoms. The minimum absolute atomic E-state index is 0.467. The van der Waals surface area contributed by atoms with E-state index in [4.69, 9.17) is 9.47 Å². The number of benzene rings is 1. The summed E-state index contributed by atoms with van der Waals surface area (Å²) >= 11 is 1.37. The highest BCUT2D eigenvalue weighted by Gasteiger charge is 2.07. The largest absolute Gasteiger partial charge is 0.497 e. The second kappa shape index (κ2) is 7.81. The first-order valence-electron chi connectivity index (χ1n) is 6.59. The molecule has 0 spiro atoms. The van der Waals surface area contributed by atoms with Gasteiger partial charge in [0, 0.05) is 18.1 Å². The fraction of sp³-hybridized carbons (Fsp3) is 0.429. The van der Waals surface area contributed by atoms with E-state index in [-0.39, 0.29) is 0 Å². The van der Waals surface area contributed by atoms with Crippen LogP contribution in [0.1, 0.15) is 24.6 Å². The van der Waals surface area contributed by atoms with Gasteiger partial charge in [-0.2, -0.15) is 0 Å². The topological polar surface area (TPSA) is 56.3 Å². The van der Waals surface area contributed by atoms with Crippen LogP contribution < -0.4 is 10.1 Å². The molecule has 0 radical (unpaired) electrons. The van der Waals surface area contributed by atoms with Crippen LogP contribution in [0.5, 0.6) is 5.75 Å². The lowest BCUT2D eigenvalue weighted by molar-refractivity contribution is 0.105. The molecule has 2 rings (SSSR count). The molecule has 1 N–H and O–H groups in total. The van der Waals surface area contributed by atoms with Crippen molar-refractivity contribution in [2.45, 2.75) is 26.6 Å². The second-order valence-corrected chi connectivity index (χ2v) is 5.07. The summed E-state index contributed by atoms with van der Waals surface area (Å²) in [5, 5.41) is 8.39. The van der Waals surface area contributed by atoms with Gasteiger partial charge in [-0.15, -0.1) is 5.10 Å². The molecule has 0 saturated heterocycles. The zero-order valence-electron chi connectivity index (χ0n) is 11.8. The first kappa shape index (κ1) is 14.7. The fourth-order valence-corrected chi connectivity index (χ4v) is 2.26. The Balaban J connectivity index is 1.81. The third-order valence-corrected chi connectivity index (χ3v) is 3.48. The van der Waals surface area contributed by atoms with Crippen LogP contribution in [0.2, 0.25) is 0 Å². The molecule has 0 aliphatic rings. The summed E-state index contributed by atoms with van der Waals surface area (Å²) < 4.78 is 14.8. The van der Waals surface area contributed by atoms with E-state index in [0.717, 1.165) is 35.0 Å². The number of methoxy groups -OCH3 is 1. The third kappa shape index (κ3) is 4.18. The molecule has 5 nitrogen and oxygen atoms in total. The Hall–Kier alpha value is -1.66. The average Bonchev–Trinajstić information content (AvgIpc) is 2.93. The lowest BCUT2D eigenvalue weighted by Gasteiger charge is -2.06. The van der Waals surface area contributed by atoms with Crippen molar-refractivity contribution in [1.82, 2.24) is 9.59 Å². The van der Waals surface area contributed by atoms with Gasteiger partial charge in [0.05, 0.1) is 20.3 Å². The van der Waals surface area contributed by atoms with Crippen LogP contribution >= 0.6 is 11.5 Å². The molecule has 2 aromatic rings. The molecule has 1 heterocycles. The number of nitrogens with one attached hydrogen (secondary N) is 1. The minimum atomic E-state index is 0.467. The van der Waals surface area contributed by atoms with Gasteiger partial charge in [0.15, 0.2) is 0 Å². The summed E-state index contributed by atoms with van der Waals surface area (Å²) in [6.07, 6.45) is 1.07. The number of rotatable bonds is 8. The van der Waals surface area contributed by atoms with Gasteiger partial charge in [0.1, 0.15) is 16.4 Å². The van der Waals surface area contributed by atoms with E-state index in [1.165, 1.54) is 11.5 Å². The molecule has 0 amide bonds. The summed E-state index contributed by atoms with van der Waals surface area (Å²) in [7, 11) is 1.66. The normalized spacial score (nSPS) is 10.5. The summed E-state index contributed by atoms with van der Waals surface area (Å²) in [6.45, 7) is 4.07. The van der Waals surface area contributed by atoms with Gasteiger partial charge >= 0.3 is 0 Å². The van der Waals surface area contributed by atoms with Crippen LogP contribution in [-0.4, -0.2) is 23.2 Å². The van der Waals surface area contributed by atoms with Crippen molar-refractivity contribution in [2.75, 3.05) is 19.0 Å². The number of hydrogen-bond acceptors (Lipinski definition) is 6. The lowest BCUT2D eigenvalue weighted by atomic mass is 10.2. The van der Waals surface area contributed by atoms with Crippen LogP contribution in [-0.2, 0) is 18.0 Å². The number of hydrogen-bond donors (Lipinski definition) is 1. The lowest BCUT2D eigenvalue weighted by Crippen LogP contribution is -2.02. The van der Waals surface area contributed by atoms with Crippen molar-refractivity contribution >= 4 is 16.5 Å². The van der Waals surface area contributed by atoms with Crippen molar-refractivity contribution in [2.24, 2.45) is 0 Å². The molecule has 108 valence electrons. The van der Waals surface area contributed by atoms with Gasteiger partial charge in [-0.05, 0) is 24.1 Å². The highest BCUT2D eigenvalue weighted by molar-refractivity contribution is 7.10. The van der Waals surface area contributed by atoms with E-state index in [0.29, 0.717) is 13.2 Å². The van der Waals surface area contributed by atoms with E-state index >= 15 is 0 Å². The summed E-state index contributed by atoms with van der Waals surface area (Å²) in [5.41, 5.74) is 1.98. The Labute approximate surface area is 123 Å². The summed E-state index contributed by atoms with van der Waals surface area (Å²) in [5.74, 6) is 0.850. The second-order valence-electron chi connectivity index (χ2n) is 4.32. The molecule has 1 aromatic heterocycles. The summed E-state index contributed by atoms with van der Waals surface area (Å²) in [6, 6.07) is 7.84. The SMILES string of the molecule is CCCNc1snnc1COCc1ccc(OC)cc1. The van der Waals surface area contributed by atoms with Crippen LogP contribution in [0.4, 0.5) is 5.00 Å². The molecule has 0 aliphatic heterocycles. The number of ether oxygens (including phenoxy) is 2. The number of nitrogens with zero attached hydrogens (tertiary/aromatic N) is 2. The minimum Gasteiger partial charge on any atom is -0.497 e. The van der Waals surface area contributed by atoms with Crippen LogP contribution in [0, 0.1) is 0 Å². The first-order chi connectivity index (χ1) is 9.83. The highest BCUT2D eigenvalue weighted by Crippen LogP contribution is 2.19. The fourth-order valence-electron chi connectivity index (χ4n) is 1.66.